The van der Waals surface area contributed by atoms with Gasteiger partial charge >= 0.3 is 6.18 Å². The number of hydrogen-bond donors (Lipinski definition) is 1. The summed E-state index contributed by atoms with van der Waals surface area (Å²) < 4.78 is 45.6. The fraction of sp³-hybridized carbons (Fsp3) is 0.200. The zero-order valence-electron chi connectivity index (χ0n) is 18.5. The first-order valence-electron chi connectivity index (χ1n) is 10.5. The van der Waals surface area contributed by atoms with Crippen LogP contribution >= 0.6 is 22.9 Å². The van der Waals surface area contributed by atoms with Crippen LogP contribution in [0.3, 0.4) is 0 Å². The number of benzene rings is 2. The van der Waals surface area contributed by atoms with Crippen molar-refractivity contribution < 1.29 is 32.6 Å². The van der Waals surface area contributed by atoms with Crippen molar-refractivity contribution in [3.8, 4) is 5.75 Å². The molecule has 0 saturated carbocycles. The largest absolute Gasteiger partial charge is 0.507 e. The molecule has 1 aliphatic heterocycles. The summed E-state index contributed by atoms with van der Waals surface area (Å²) in [5.41, 5.74) is -0.578. The first kappa shape index (κ1) is 24.8. The van der Waals surface area contributed by atoms with Gasteiger partial charge in [0.05, 0.1) is 22.8 Å². The van der Waals surface area contributed by atoms with Gasteiger partial charge in [0, 0.05) is 16.1 Å². The zero-order valence-corrected chi connectivity index (χ0v) is 20.1. The molecule has 1 unspecified atom stereocenters. The Morgan fingerprint density at radius 1 is 1.17 bits per heavy atom. The zero-order chi connectivity index (χ0) is 25.5. The molecule has 0 bridgehead atoms. The van der Waals surface area contributed by atoms with Crippen molar-refractivity contribution in [1.29, 1.82) is 0 Å². The number of ketones is 1. The quantitative estimate of drug-likeness (QED) is 0.229. The molecule has 1 aromatic heterocycles. The first-order valence-corrected chi connectivity index (χ1v) is 11.7. The number of halogens is 4. The van der Waals surface area contributed by atoms with Gasteiger partial charge in [0.1, 0.15) is 17.6 Å². The molecule has 4 rings (SSSR count). The smallest absolute Gasteiger partial charge is 0.416 e. The van der Waals surface area contributed by atoms with E-state index in [1.165, 1.54) is 29.5 Å². The fourth-order valence-electron chi connectivity index (χ4n) is 3.93. The maximum Gasteiger partial charge on any atom is 0.416 e. The molecule has 3 aromatic rings. The Bertz CT molecular complexity index is 1350. The van der Waals surface area contributed by atoms with Crippen molar-refractivity contribution in [3.05, 3.63) is 86.1 Å². The van der Waals surface area contributed by atoms with Gasteiger partial charge in [0.15, 0.2) is 0 Å². The molecule has 0 aliphatic carbocycles. The van der Waals surface area contributed by atoms with Crippen LogP contribution in [0.4, 0.5) is 18.9 Å². The Labute approximate surface area is 208 Å². The predicted octanol–water partition coefficient (Wildman–Crippen LogP) is 6.75. The minimum Gasteiger partial charge on any atom is -0.507 e. The highest BCUT2D eigenvalue weighted by atomic mass is 35.5. The summed E-state index contributed by atoms with van der Waals surface area (Å²) in [6.07, 6.45) is -4.65. The number of aryl methyl sites for hydroxylation is 1. The number of aliphatic hydroxyl groups excluding tert-OH is 1. The van der Waals surface area contributed by atoms with E-state index in [1.54, 1.807) is 31.4 Å². The molecule has 1 saturated heterocycles. The molecule has 1 amide bonds. The average molecular weight is 522 g/mol. The maximum absolute atomic E-state index is 13.4. The van der Waals surface area contributed by atoms with E-state index < -0.39 is 35.2 Å². The predicted molar refractivity (Wildman–Crippen MR) is 128 cm³/mol. The van der Waals surface area contributed by atoms with E-state index in [2.05, 4.69) is 0 Å². The van der Waals surface area contributed by atoms with Crippen LogP contribution in [0.15, 0.2) is 59.5 Å². The lowest BCUT2D eigenvalue weighted by molar-refractivity contribution is -0.137. The second kappa shape index (κ2) is 9.39. The SMILES string of the molecule is CCOc1ccc(Cl)c(/C(O)=C2/C(=O)C(=O)N(c3cccc(C(F)(F)F)c3)C2c2sccc2C)c1. The molecule has 10 heteroatoms. The number of carbonyl (C=O) groups is 2. The number of nitrogens with zero attached hydrogens (tertiary/aromatic N) is 1. The Hall–Kier alpha value is -3.30. The van der Waals surface area contributed by atoms with Gasteiger partial charge in [-0.1, -0.05) is 17.7 Å². The molecule has 5 nitrogen and oxygen atoms in total. The highest BCUT2D eigenvalue weighted by Crippen LogP contribution is 2.46. The molecular weight excluding hydrogens is 503 g/mol. The molecular formula is C25H19ClF3NO4S. The molecule has 2 aromatic carbocycles. The molecule has 1 N–H and O–H groups in total. The van der Waals surface area contributed by atoms with Crippen molar-refractivity contribution in [1.82, 2.24) is 0 Å². The van der Waals surface area contributed by atoms with Gasteiger partial charge in [-0.2, -0.15) is 13.2 Å². The summed E-state index contributed by atoms with van der Waals surface area (Å²) in [6.45, 7) is 3.87. The van der Waals surface area contributed by atoms with Gasteiger partial charge in [0.25, 0.3) is 11.7 Å². The van der Waals surface area contributed by atoms with Crippen LogP contribution in [0.2, 0.25) is 5.02 Å². The van der Waals surface area contributed by atoms with Crippen molar-refractivity contribution in [2.24, 2.45) is 0 Å². The number of carbonyl (C=O) groups excluding carboxylic acids is 2. The number of thiophene rings is 1. The van der Waals surface area contributed by atoms with Crippen LogP contribution in [0.1, 0.15) is 34.5 Å². The van der Waals surface area contributed by atoms with Crippen molar-refractivity contribution in [2.75, 3.05) is 11.5 Å². The van der Waals surface area contributed by atoms with Gasteiger partial charge < -0.3 is 9.84 Å². The average Bonchev–Trinajstić information content (AvgIpc) is 3.34. The third-order valence-electron chi connectivity index (χ3n) is 5.55. The molecule has 1 aliphatic rings. The Morgan fingerprint density at radius 2 is 1.91 bits per heavy atom. The van der Waals surface area contributed by atoms with Gasteiger partial charge in [-0.3, -0.25) is 14.5 Å². The van der Waals surface area contributed by atoms with Crippen molar-refractivity contribution >= 4 is 46.1 Å². The summed E-state index contributed by atoms with van der Waals surface area (Å²) in [5.74, 6) is -2.24. The van der Waals surface area contributed by atoms with Crippen LogP contribution in [-0.4, -0.2) is 23.4 Å². The fourth-order valence-corrected chi connectivity index (χ4v) is 5.16. The summed E-state index contributed by atoms with van der Waals surface area (Å²) in [6, 6.07) is 9.29. The summed E-state index contributed by atoms with van der Waals surface area (Å²) in [7, 11) is 0. The molecule has 0 radical (unpaired) electrons. The Kier molecular flexibility index (Phi) is 6.66. The number of ether oxygens (including phenoxy) is 1. The first-order chi connectivity index (χ1) is 16.5. The topological polar surface area (TPSA) is 66.8 Å². The minimum atomic E-state index is -4.65. The van der Waals surface area contributed by atoms with E-state index in [-0.39, 0.29) is 21.8 Å². The third kappa shape index (κ3) is 4.53. The van der Waals surface area contributed by atoms with Gasteiger partial charge in [-0.25, -0.2) is 0 Å². The standard InChI is InChI=1S/C25H19ClF3NO4S/c1-3-34-16-7-8-18(26)17(12-16)21(31)19-20(23-13(2)9-10-35-23)30(24(33)22(19)32)15-6-4-5-14(11-15)25(27,28)29/h4-12,20,31H,3H2,1-2H3/b21-19-. The molecule has 2 heterocycles. The number of rotatable bonds is 5. The monoisotopic (exact) mass is 521 g/mol. The lowest BCUT2D eigenvalue weighted by Crippen LogP contribution is -2.29. The van der Waals surface area contributed by atoms with Gasteiger partial charge in [-0.05, 0) is 67.3 Å². The highest BCUT2D eigenvalue weighted by molar-refractivity contribution is 7.10. The maximum atomic E-state index is 13.4. The normalized spacial score (nSPS) is 17.8. The second-order valence-corrected chi connectivity index (χ2v) is 9.11. The van der Waals surface area contributed by atoms with E-state index >= 15 is 0 Å². The van der Waals surface area contributed by atoms with E-state index in [0.29, 0.717) is 22.8 Å². The van der Waals surface area contributed by atoms with Gasteiger partial charge in [0.2, 0.25) is 0 Å². The van der Waals surface area contributed by atoms with Crippen LogP contribution < -0.4 is 9.64 Å². The summed E-state index contributed by atoms with van der Waals surface area (Å²) in [4.78, 5) is 27.9. The van der Waals surface area contributed by atoms with E-state index in [4.69, 9.17) is 16.3 Å². The number of anilines is 1. The Balaban J connectivity index is 1.96. The van der Waals surface area contributed by atoms with Crippen molar-refractivity contribution in [2.45, 2.75) is 26.1 Å². The molecule has 1 atom stereocenters. The van der Waals surface area contributed by atoms with E-state index in [1.807, 2.05) is 0 Å². The summed E-state index contributed by atoms with van der Waals surface area (Å²) >= 11 is 7.52. The highest BCUT2D eigenvalue weighted by Gasteiger charge is 2.48. The van der Waals surface area contributed by atoms with Crippen molar-refractivity contribution in [3.63, 3.8) is 0 Å². The number of hydrogen-bond acceptors (Lipinski definition) is 5. The van der Waals surface area contributed by atoms with Crippen LogP contribution in [0, 0.1) is 6.92 Å². The summed E-state index contributed by atoms with van der Waals surface area (Å²) in [5, 5.41) is 13.1. The number of amides is 1. The van der Waals surface area contributed by atoms with E-state index in [0.717, 1.165) is 23.1 Å². The molecule has 0 spiro atoms. The van der Waals surface area contributed by atoms with Crippen LogP contribution in [-0.2, 0) is 15.8 Å². The third-order valence-corrected chi connectivity index (χ3v) is 6.95. The minimum absolute atomic E-state index is 0.0684. The van der Waals surface area contributed by atoms with Gasteiger partial charge in [-0.15, -0.1) is 11.3 Å². The molecule has 35 heavy (non-hydrogen) atoms. The number of Topliss-reactive ketones (excluding diaryl/α,β-unsaturated/α-hetero) is 1. The lowest BCUT2D eigenvalue weighted by Gasteiger charge is -2.25. The lowest BCUT2D eigenvalue weighted by atomic mass is 9.98. The number of alkyl halides is 3. The van der Waals surface area contributed by atoms with E-state index in [9.17, 15) is 27.9 Å². The Morgan fingerprint density at radius 3 is 2.54 bits per heavy atom. The molecule has 1 fully saturated rings. The number of aliphatic hydroxyl groups is 1. The second-order valence-electron chi connectivity index (χ2n) is 7.76. The van der Waals surface area contributed by atoms with Crippen LogP contribution in [0.25, 0.3) is 5.76 Å². The van der Waals surface area contributed by atoms with Crippen LogP contribution in [0.5, 0.6) is 5.75 Å². The molecule has 182 valence electrons.